The van der Waals surface area contributed by atoms with Crippen LogP contribution in [-0.2, 0) is 4.79 Å². The van der Waals surface area contributed by atoms with Gasteiger partial charge in [0, 0.05) is 12.1 Å². The van der Waals surface area contributed by atoms with Gasteiger partial charge in [0.1, 0.15) is 11.7 Å². The highest BCUT2D eigenvalue weighted by Gasteiger charge is 2.46. The fourth-order valence-electron chi connectivity index (χ4n) is 4.05. The van der Waals surface area contributed by atoms with Crippen LogP contribution in [-0.4, -0.2) is 27.8 Å². The van der Waals surface area contributed by atoms with Gasteiger partial charge in [0.2, 0.25) is 5.91 Å². The lowest BCUT2D eigenvalue weighted by Crippen LogP contribution is -2.45. The number of nitro benzene ring substituents is 2. The van der Waals surface area contributed by atoms with Crippen LogP contribution in [0.4, 0.5) is 17.1 Å². The third kappa shape index (κ3) is 2.66. The van der Waals surface area contributed by atoms with E-state index in [1.54, 1.807) is 4.90 Å². The molecule has 1 aliphatic carbocycles. The van der Waals surface area contributed by atoms with Crippen molar-refractivity contribution in [1.29, 1.82) is 0 Å². The van der Waals surface area contributed by atoms with Crippen molar-refractivity contribution in [3.8, 4) is 0 Å². The maximum atomic E-state index is 11.9. The number of fused-ring (bicyclic) bond motifs is 1. The first-order chi connectivity index (χ1) is 11.4. The molecule has 1 aromatic rings. The summed E-state index contributed by atoms with van der Waals surface area (Å²) in [4.78, 5) is 34.6. The van der Waals surface area contributed by atoms with Crippen molar-refractivity contribution in [3.05, 3.63) is 38.4 Å². The molecule has 1 amide bonds. The number of non-ortho nitro benzene ring substituents is 1. The molecule has 2 aliphatic rings. The smallest absolute Gasteiger partial charge is 0.299 e. The van der Waals surface area contributed by atoms with Gasteiger partial charge in [-0.3, -0.25) is 25.0 Å². The second-order valence-electron chi connectivity index (χ2n) is 6.36. The zero-order chi connectivity index (χ0) is 17.4. The highest BCUT2D eigenvalue weighted by Crippen LogP contribution is 2.45. The Morgan fingerprint density at radius 1 is 1.17 bits per heavy atom. The van der Waals surface area contributed by atoms with Crippen LogP contribution in [0.2, 0.25) is 0 Å². The minimum Gasteiger partial charge on any atom is -0.368 e. The van der Waals surface area contributed by atoms with Gasteiger partial charge in [-0.2, -0.15) is 0 Å². The summed E-state index contributed by atoms with van der Waals surface area (Å²) in [5, 5.41) is 22.3. The number of hydrogen-bond donors (Lipinski definition) is 1. The SMILES string of the molecule is NC(=O)C1CC2CCCCC2N1c1ccc([N+](=O)[O-])cc1[N+](=O)[O-]. The summed E-state index contributed by atoms with van der Waals surface area (Å²) in [5.74, 6) is -0.247. The Balaban J connectivity index is 2.09. The van der Waals surface area contributed by atoms with Crippen molar-refractivity contribution in [2.45, 2.75) is 44.2 Å². The molecule has 3 atom stereocenters. The molecule has 9 heteroatoms. The predicted octanol–water partition coefficient (Wildman–Crippen LogP) is 2.13. The van der Waals surface area contributed by atoms with Gasteiger partial charge in [-0.15, -0.1) is 0 Å². The maximum Gasteiger partial charge on any atom is 0.299 e. The van der Waals surface area contributed by atoms with Crippen molar-refractivity contribution in [2.75, 3.05) is 4.90 Å². The van der Waals surface area contributed by atoms with Gasteiger partial charge in [0.25, 0.3) is 11.4 Å². The van der Waals surface area contributed by atoms with E-state index in [1.165, 1.54) is 12.1 Å². The Morgan fingerprint density at radius 3 is 2.50 bits per heavy atom. The molecule has 0 radical (unpaired) electrons. The number of benzene rings is 1. The number of carbonyl (C=O) groups excluding carboxylic acids is 1. The van der Waals surface area contributed by atoms with Crippen LogP contribution >= 0.6 is 0 Å². The van der Waals surface area contributed by atoms with Gasteiger partial charge in [-0.05, 0) is 31.2 Å². The van der Waals surface area contributed by atoms with Crippen LogP contribution in [0.3, 0.4) is 0 Å². The third-order valence-corrected chi connectivity index (χ3v) is 5.06. The highest BCUT2D eigenvalue weighted by atomic mass is 16.6. The van der Waals surface area contributed by atoms with Crippen LogP contribution in [0.15, 0.2) is 18.2 Å². The van der Waals surface area contributed by atoms with Crippen molar-refractivity contribution < 1.29 is 14.6 Å². The standard InChI is InChI=1S/C15H18N4O5/c16-15(20)14-7-9-3-1-2-4-11(9)17(14)12-6-5-10(18(21)22)8-13(12)19(23)24/h5-6,8-9,11,14H,1-4,7H2,(H2,16,20). The predicted molar refractivity (Wildman–Crippen MR) is 85.6 cm³/mol. The molecule has 3 rings (SSSR count). The Labute approximate surface area is 137 Å². The lowest BCUT2D eigenvalue weighted by molar-refractivity contribution is -0.393. The van der Waals surface area contributed by atoms with Gasteiger partial charge < -0.3 is 10.6 Å². The van der Waals surface area contributed by atoms with Crippen LogP contribution < -0.4 is 10.6 Å². The van der Waals surface area contributed by atoms with Crippen molar-refractivity contribution in [1.82, 2.24) is 0 Å². The fourth-order valence-corrected chi connectivity index (χ4v) is 4.05. The summed E-state index contributed by atoms with van der Waals surface area (Å²) in [6.45, 7) is 0. The van der Waals surface area contributed by atoms with E-state index in [4.69, 9.17) is 5.73 Å². The molecule has 1 saturated heterocycles. The van der Waals surface area contributed by atoms with E-state index in [9.17, 15) is 25.0 Å². The molecule has 1 aliphatic heterocycles. The first-order valence-electron chi connectivity index (χ1n) is 7.90. The quantitative estimate of drug-likeness (QED) is 0.662. The number of nitrogens with zero attached hydrogens (tertiary/aromatic N) is 3. The first-order valence-corrected chi connectivity index (χ1v) is 7.90. The van der Waals surface area contributed by atoms with E-state index in [2.05, 4.69) is 0 Å². The van der Waals surface area contributed by atoms with Gasteiger partial charge in [-0.25, -0.2) is 0 Å². The largest absolute Gasteiger partial charge is 0.368 e. The van der Waals surface area contributed by atoms with Gasteiger partial charge >= 0.3 is 0 Å². The van der Waals surface area contributed by atoms with Gasteiger partial charge in [-0.1, -0.05) is 12.8 Å². The number of hydrogen-bond acceptors (Lipinski definition) is 6. The monoisotopic (exact) mass is 334 g/mol. The number of rotatable bonds is 4. The van der Waals surface area contributed by atoms with Crippen molar-refractivity contribution >= 4 is 23.0 Å². The first kappa shape index (κ1) is 16.2. The minimum absolute atomic E-state index is 0.0106. The molecular formula is C15H18N4O5. The number of primary amides is 1. The summed E-state index contributed by atoms with van der Waals surface area (Å²) < 4.78 is 0. The summed E-state index contributed by atoms with van der Waals surface area (Å²) in [5.41, 5.74) is 5.06. The third-order valence-electron chi connectivity index (χ3n) is 5.06. The Morgan fingerprint density at radius 2 is 1.88 bits per heavy atom. The number of nitro groups is 2. The zero-order valence-corrected chi connectivity index (χ0v) is 13.0. The highest BCUT2D eigenvalue weighted by molar-refractivity contribution is 5.86. The second-order valence-corrected chi connectivity index (χ2v) is 6.36. The average molecular weight is 334 g/mol. The fraction of sp³-hybridized carbons (Fsp3) is 0.533. The lowest BCUT2D eigenvalue weighted by Gasteiger charge is -2.34. The maximum absolute atomic E-state index is 11.9. The van der Waals surface area contributed by atoms with Gasteiger partial charge in [0.05, 0.1) is 15.9 Å². The Bertz CT molecular complexity index is 707. The molecule has 2 N–H and O–H groups in total. The Kier molecular flexibility index (Phi) is 4.08. The molecule has 0 aromatic heterocycles. The molecule has 1 saturated carbocycles. The number of amides is 1. The van der Waals surface area contributed by atoms with Crippen LogP contribution in [0.25, 0.3) is 0 Å². The van der Waals surface area contributed by atoms with Crippen molar-refractivity contribution in [2.24, 2.45) is 11.7 Å². The van der Waals surface area contributed by atoms with Crippen LogP contribution in [0.1, 0.15) is 32.1 Å². The average Bonchev–Trinajstić information content (AvgIpc) is 2.93. The molecule has 0 spiro atoms. The van der Waals surface area contributed by atoms with Crippen LogP contribution in [0, 0.1) is 26.1 Å². The van der Waals surface area contributed by atoms with Crippen molar-refractivity contribution in [3.63, 3.8) is 0 Å². The molecule has 9 nitrogen and oxygen atoms in total. The molecule has 3 unspecified atom stereocenters. The van der Waals surface area contributed by atoms with E-state index in [1.807, 2.05) is 0 Å². The number of nitrogens with two attached hydrogens (primary N) is 1. The summed E-state index contributed by atoms with van der Waals surface area (Å²) in [7, 11) is 0. The second kappa shape index (κ2) is 6.06. The lowest BCUT2D eigenvalue weighted by atomic mass is 9.84. The number of carbonyl (C=O) groups is 1. The topological polar surface area (TPSA) is 133 Å². The summed E-state index contributed by atoms with van der Waals surface area (Å²) in [6.07, 6.45) is 4.44. The Hall–Kier alpha value is -2.71. The summed E-state index contributed by atoms with van der Waals surface area (Å²) >= 11 is 0. The van der Waals surface area contributed by atoms with E-state index in [0.29, 0.717) is 6.42 Å². The van der Waals surface area contributed by atoms with Gasteiger partial charge in [0.15, 0.2) is 0 Å². The summed E-state index contributed by atoms with van der Waals surface area (Å²) in [6, 6.07) is 2.94. The van der Waals surface area contributed by atoms with E-state index < -0.39 is 21.8 Å². The zero-order valence-electron chi connectivity index (χ0n) is 13.0. The van der Waals surface area contributed by atoms with E-state index in [0.717, 1.165) is 31.7 Å². The molecule has 128 valence electrons. The molecule has 24 heavy (non-hydrogen) atoms. The molecule has 2 fully saturated rings. The van der Waals surface area contributed by atoms with E-state index >= 15 is 0 Å². The number of anilines is 1. The van der Waals surface area contributed by atoms with E-state index in [-0.39, 0.29) is 29.0 Å². The molecule has 0 bridgehead atoms. The molecule has 1 heterocycles. The molecular weight excluding hydrogens is 316 g/mol. The molecule has 1 aromatic carbocycles. The minimum atomic E-state index is -0.671. The normalized spacial score (nSPS) is 26.0. The van der Waals surface area contributed by atoms with Crippen LogP contribution in [0.5, 0.6) is 0 Å².